The van der Waals surface area contributed by atoms with Crippen LogP contribution >= 0.6 is 11.6 Å². The highest BCUT2D eigenvalue weighted by molar-refractivity contribution is 6.31. The van der Waals surface area contributed by atoms with Crippen LogP contribution in [0.2, 0.25) is 5.02 Å². The number of rotatable bonds is 5. The summed E-state index contributed by atoms with van der Waals surface area (Å²) in [6.45, 7) is 4.68. The van der Waals surface area contributed by atoms with Crippen LogP contribution in [-0.4, -0.2) is 16.3 Å². The molecule has 0 bridgehead atoms. The van der Waals surface area contributed by atoms with Gasteiger partial charge in [0.15, 0.2) is 0 Å². The van der Waals surface area contributed by atoms with Gasteiger partial charge in [0.1, 0.15) is 0 Å². The molecule has 2 aromatic rings. The molecule has 1 heterocycles. The number of benzene rings is 1. The van der Waals surface area contributed by atoms with Crippen LogP contribution in [0.5, 0.6) is 0 Å². The Labute approximate surface area is 125 Å². The second kappa shape index (κ2) is 6.42. The van der Waals surface area contributed by atoms with Crippen molar-refractivity contribution in [2.45, 2.75) is 26.7 Å². The van der Waals surface area contributed by atoms with E-state index in [0.29, 0.717) is 12.5 Å². The van der Waals surface area contributed by atoms with Crippen LogP contribution in [0.4, 0.5) is 0 Å². The van der Waals surface area contributed by atoms with E-state index < -0.39 is 0 Å². The molecule has 0 aliphatic carbocycles. The molecule has 108 valence electrons. The normalized spacial score (nSPS) is 12.7. The van der Waals surface area contributed by atoms with Gasteiger partial charge in [-0.1, -0.05) is 41.4 Å². The van der Waals surface area contributed by atoms with E-state index >= 15 is 0 Å². The lowest BCUT2D eigenvalue weighted by atomic mass is 9.94. The molecule has 0 saturated heterocycles. The Kier molecular flexibility index (Phi) is 4.84. The van der Waals surface area contributed by atoms with Gasteiger partial charge in [0.25, 0.3) is 0 Å². The number of hydrogen-bond acceptors (Lipinski definition) is 2. The SMILES string of the molecule is Cc1ccc(CC(CN)Cc2c(Cl)c(C)nn2C)cc1. The summed E-state index contributed by atoms with van der Waals surface area (Å²) in [7, 11) is 1.94. The summed E-state index contributed by atoms with van der Waals surface area (Å²) in [5.74, 6) is 0.380. The standard InChI is InChI=1S/C16H22ClN3/c1-11-4-6-13(7-5-11)8-14(10-18)9-15-16(17)12(2)19-20(15)3/h4-7,14H,8-10,18H2,1-3H3. The highest BCUT2D eigenvalue weighted by atomic mass is 35.5. The second-order valence-corrected chi connectivity index (χ2v) is 5.84. The van der Waals surface area contributed by atoms with Gasteiger partial charge in [-0.05, 0) is 44.7 Å². The minimum absolute atomic E-state index is 0.380. The van der Waals surface area contributed by atoms with E-state index in [9.17, 15) is 0 Å². The molecule has 3 nitrogen and oxygen atoms in total. The van der Waals surface area contributed by atoms with Crippen molar-refractivity contribution < 1.29 is 0 Å². The van der Waals surface area contributed by atoms with Gasteiger partial charge in [-0.2, -0.15) is 5.10 Å². The molecule has 0 saturated carbocycles. The van der Waals surface area contributed by atoms with E-state index in [1.807, 2.05) is 18.7 Å². The van der Waals surface area contributed by atoms with Gasteiger partial charge in [0.2, 0.25) is 0 Å². The van der Waals surface area contributed by atoms with Crippen LogP contribution in [0.25, 0.3) is 0 Å². The molecule has 1 aromatic heterocycles. The van der Waals surface area contributed by atoms with Crippen molar-refractivity contribution in [3.63, 3.8) is 0 Å². The van der Waals surface area contributed by atoms with Gasteiger partial charge in [0.05, 0.1) is 16.4 Å². The number of hydrogen-bond donors (Lipinski definition) is 1. The highest BCUT2D eigenvalue weighted by Crippen LogP contribution is 2.23. The Bertz CT molecular complexity index is 572. The molecule has 20 heavy (non-hydrogen) atoms. The van der Waals surface area contributed by atoms with E-state index in [2.05, 4.69) is 36.3 Å². The first-order chi connectivity index (χ1) is 9.51. The average Bonchev–Trinajstić information content (AvgIpc) is 2.66. The molecule has 0 amide bonds. The molecule has 0 fully saturated rings. The summed E-state index contributed by atoms with van der Waals surface area (Å²) in [4.78, 5) is 0. The molecule has 0 spiro atoms. The van der Waals surface area contributed by atoms with E-state index in [-0.39, 0.29) is 0 Å². The molecular formula is C16H22ClN3. The molecule has 2 N–H and O–H groups in total. The summed E-state index contributed by atoms with van der Waals surface area (Å²) in [5, 5.41) is 5.13. The molecule has 1 atom stereocenters. The lowest BCUT2D eigenvalue weighted by molar-refractivity contribution is 0.511. The van der Waals surface area contributed by atoms with Gasteiger partial charge in [0, 0.05) is 7.05 Å². The fourth-order valence-electron chi connectivity index (χ4n) is 2.47. The molecule has 4 heteroatoms. The van der Waals surface area contributed by atoms with Crippen molar-refractivity contribution in [3.8, 4) is 0 Å². The Hall–Kier alpha value is -1.32. The zero-order valence-electron chi connectivity index (χ0n) is 12.4. The third-order valence-corrected chi connectivity index (χ3v) is 4.21. The molecule has 0 radical (unpaired) electrons. The maximum Gasteiger partial charge on any atom is 0.0847 e. The smallest absolute Gasteiger partial charge is 0.0847 e. The highest BCUT2D eigenvalue weighted by Gasteiger charge is 2.16. The lowest BCUT2D eigenvalue weighted by Gasteiger charge is -2.15. The monoisotopic (exact) mass is 291 g/mol. The van der Waals surface area contributed by atoms with Crippen molar-refractivity contribution in [1.29, 1.82) is 0 Å². The maximum absolute atomic E-state index is 6.31. The van der Waals surface area contributed by atoms with E-state index in [1.165, 1.54) is 11.1 Å². The first kappa shape index (κ1) is 15.1. The zero-order valence-corrected chi connectivity index (χ0v) is 13.1. The largest absolute Gasteiger partial charge is 0.330 e. The number of nitrogens with zero attached hydrogens (tertiary/aromatic N) is 2. The van der Waals surface area contributed by atoms with E-state index in [1.54, 1.807) is 0 Å². The van der Waals surface area contributed by atoms with Gasteiger partial charge in [-0.15, -0.1) is 0 Å². The summed E-state index contributed by atoms with van der Waals surface area (Å²) >= 11 is 6.31. The molecular weight excluding hydrogens is 270 g/mol. The topological polar surface area (TPSA) is 43.8 Å². The van der Waals surface area contributed by atoms with Crippen LogP contribution in [0.1, 0.15) is 22.5 Å². The first-order valence-electron chi connectivity index (χ1n) is 6.94. The van der Waals surface area contributed by atoms with Gasteiger partial charge in [-0.25, -0.2) is 0 Å². The molecule has 1 aromatic carbocycles. The third kappa shape index (κ3) is 3.41. The van der Waals surface area contributed by atoms with Crippen LogP contribution in [0.15, 0.2) is 24.3 Å². The Morgan fingerprint density at radius 2 is 1.85 bits per heavy atom. The van der Waals surface area contributed by atoms with Crippen LogP contribution in [0.3, 0.4) is 0 Å². The van der Waals surface area contributed by atoms with Crippen LogP contribution < -0.4 is 5.73 Å². The van der Waals surface area contributed by atoms with E-state index in [0.717, 1.165) is 29.3 Å². The minimum Gasteiger partial charge on any atom is -0.330 e. The fourth-order valence-corrected chi connectivity index (χ4v) is 2.71. The van der Waals surface area contributed by atoms with Gasteiger partial charge in [-0.3, -0.25) is 4.68 Å². The molecule has 0 aliphatic rings. The Balaban J connectivity index is 2.11. The average molecular weight is 292 g/mol. The van der Waals surface area contributed by atoms with Crippen LogP contribution in [0, 0.1) is 19.8 Å². The van der Waals surface area contributed by atoms with Crippen LogP contribution in [-0.2, 0) is 19.9 Å². The van der Waals surface area contributed by atoms with Crippen molar-refractivity contribution in [1.82, 2.24) is 9.78 Å². The summed E-state index contributed by atoms with van der Waals surface area (Å²) in [5.41, 5.74) is 10.5. The second-order valence-electron chi connectivity index (χ2n) is 5.47. The maximum atomic E-state index is 6.31. The Morgan fingerprint density at radius 3 is 2.35 bits per heavy atom. The van der Waals surface area contributed by atoms with E-state index in [4.69, 9.17) is 17.3 Å². The lowest BCUT2D eigenvalue weighted by Crippen LogP contribution is -2.20. The summed E-state index contributed by atoms with van der Waals surface area (Å²) < 4.78 is 1.87. The van der Waals surface area contributed by atoms with Crippen molar-refractivity contribution >= 4 is 11.6 Å². The number of halogens is 1. The van der Waals surface area contributed by atoms with Crippen molar-refractivity contribution in [3.05, 3.63) is 51.8 Å². The quantitative estimate of drug-likeness (QED) is 0.920. The van der Waals surface area contributed by atoms with Gasteiger partial charge < -0.3 is 5.73 Å². The molecule has 1 unspecified atom stereocenters. The summed E-state index contributed by atoms with van der Waals surface area (Å²) in [6, 6.07) is 8.64. The number of nitrogens with two attached hydrogens (primary N) is 1. The van der Waals surface area contributed by atoms with Crippen molar-refractivity contribution in [2.75, 3.05) is 6.54 Å². The minimum atomic E-state index is 0.380. The predicted molar refractivity (Wildman–Crippen MR) is 84.1 cm³/mol. The third-order valence-electron chi connectivity index (χ3n) is 3.72. The van der Waals surface area contributed by atoms with Gasteiger partial charge >= 0.3 is 0 Å². The summed E-state index contributed by atoms with van der Waals surface area (Å²) in [6.07, 6.45) is 1.83. The fraction of sp³-hybridized carbons (Fsp3) is 0.438. The number of aromatic nitrogens is 2. The predicted octanol–water partition coefficient (Wildman–Crippen LogP) is 3.05. The zero-order chi connectivity index (χ0) is 14.7. The molecule has 2 rings (SSSR count). The first-order valence-corrected chi connectivity index (χ1v) is 7.32. The Morgan fingerprint density at radius 1 is 1.20 bits per heavy atom. The number of aryl methyl sites for hydroxylation is 3. The van der Waals surface area contributed by atoms with Crippen molar-refractivity contribution in [2.24, 2.45) is 18.7 Å². The molecule has 0 aliphatic heterocycles.